The summed E-state index contributed by atoms with van der Waals surface area (Å²) in [4.78, 5) is 7.20. The first-order valence-corrected chi connectivity index (χ1v) is 8.22. The van der Waals surface area contributed by atoms with E-state index >= 15 is 0 Å². The predicted octanol–water partition coefficient (Wildman–Crippen LogP) is 2.88. The van der Waals surface area contributed by atoms with Crippen LogP contribution in [0.4, 0.5) is 5.13 Å². The monoisotopic (exact) mass is 281 g/mol. The highest BCUT2D eigenvalue weighted by Gasteiger charge is 2.35. The van der Waals surface area contributed by atoms with Crippen LogP contribution in [0, 0.1) is 5.92 Å². The molecule has 2 unspecified atom stereocenters. The van der Waals surface area contributed by atoms with Gasteiger partial charge in [-0.3, -0.25) is 0 Å². The molecule has 1 saturated heterocycles. The average molecular weight is 281 g/mol. The highest BCUT2D eigenvalue weighted by atomic mass is 32.1. The van der Waals surface area contributed by atoms with Crippen molar-refractivity contribution in [2.45, 2.75) is 58.1 Å². The zero-order valence-corrected chi connectivity index (χ0v) is 12.7. The van der Waals surface area contributed by atoms with Crippen LogP contribution in [0.15, 0.2) is 0 Å². The highest BCUT2D eigenvalue weighted by molar-refractivity contribution is 7.09. The van der Waals surface area contributed by atoms with Crippen LogP contribution in [0.1, 0.15) is 45.4 Å². The van der Waals surface area contributed by atoms with Gasteiger partial charge < -0.3 is 9.64 Å². The van der Waals surface area contributed by atoms with Crippen LogP contribution in [-0.4, -0.2) is 34.7 Å². The Morgan fingerprint density at radius 2 is 2.21 bits per heavy atom. The summed E-state index contributed by atoms with van der Waals surface area (Å²) in [6, 6.07) is 0.530. The van der Waals surface area contributed by atoms with Crippen molar-refractivity contribution in [3.05, 3.63) is 5.82 Å². The number of fused-ring (bicyclic) bond motifs is 1. The molecule has 106 valence electrons. The van der Waals surface area contributed by atoms with E-state index in [9.17, 15) is 0 Å². The fourth-order valence-corrected chi connectivity index (χ4v) is 3.92. The number of nitrogens with zero attached hydrogens (tertiary/aromatic N) is 3. The number of hydrogen-bond acceptors (Lipinski definition) is 5. The zero-order chi connectivity index (χ0) is 13.2. The molecule has 3 rings (SSSR count). The second kappa shape index (κ2) is 5.75. The van der Waals surface area contributed by atoms with E-state index in [-0.39, 0.29) is 0 Å². The molecule has 4 nitrogen and oxygen atoms in total. The van der Waals surface area contributed by atoms with Gasteiger partial charge in [0.2, 0.25) is 5.13 Å². The van der Waals surface area contributed by atoms with Gasteiger partial charge in [0.15, 0.2) is 0 Å². The Hall–Kier alpha value is -0.680. The third-order valence-electron chi connectivity index (χ3n) is 4.03. The Morgan fingerprint density at radius 1 is 1.37 bits per heavy atom. The third-order valence-corrected chi connectivity index (χ3v) is 4.82. The molecule has 1 aliphatic carbocycles. The lowest BCUT2D eigenvalue weighted by Crippen LogP contribution is -2.52. The van der Waals surface area contributed by atoms with Crippen molar-refractivity contribution in [1.29, 1.82) is 0 Å². The molecule has 1 saturated carbocycles. The van der Waals surface area contributed by atoms with Gasteiger partial charge in [-0.1, -0.05) is 26.7 Å². The van der Waals surface area contributed by atoms with Gasteiger partial charge in [0.25, 0.3) is 0 Å². The van der Waals surface area contributed by atoms with Gasteiger partial charge in [0, 0.05) is 24.5 Å². The number of aromatic nitrogens is 2. The maximum Gasteiger partial charge on any atom is 0.205 e. The number of rotatable bonds is 3. The summed E-state index contributed by atoms with van der Waals surface area (Å²) >= 11 is 1.56. The predicted molar refractivity (Wildman–Crippen MR) is 77.8 cm³/mol. The maximum atomic E-state index is 5.92. The Bertz CT molecular complexity index is 419. The van der Waals surface area contributed by atoms with Crippen molar-refractivity contribution < 1.29 is 4.74 Å². The molecule has 0 radical (unpaired) electrons. The lowest BCUT2D eigenvalue weighted by molar-refractivity contribution is -0.00870. The number of ether oxygens (including phenoxy) is 1. The van der Waals surface area contributed by atoms with Crippen LogP contribution in [0.25, 0.3) is 0 Å². The molecular formula is C14H23N3OS. The Morgan fingerprint density at radius 3 is 3.05 bits per heavy atom. The number of hydrogen-bond donors (Lipinski definition) is 0. The van der Waals surface area contributed by atoms with Crippen molar-refractivity contribution in [3.63, 3.8) is 0 Å². The molecule has 2 fully saturated rings. The second-order valence-corrected chi connectivity index (χ2v) is 6.78. The highest BCUT2D eigenvalue weighted by Crippen LogP contribution is 2.32. The van der Waals surface area contributed by atoms with Gasteiger partial charge in [-0.05, 0) is 18.8 Å². The molecular weight excluding hydrogens is 258 g/mol. The molecule has 5 heteroatoms. The van der Waals surface area contributed by atoms with Gasteiger partial charge in [-0.2, -0.15) is 4.37 Å². The Labute approximate surface area is 119 Å². The second-order valence-electron chi connectivity index (χ2n) is 6.05. The summed E-state index contributed by atoms with van der Waals surface area (Å²) in [6.45, 7) is 6.23. The molecule has 19 heavy (non-hydrogen) atoms. The third kappa shape index (κ3) is 2.92. The molecule has 0 aromatic carbocycles. The Balaban J connectivity index is 1.74. The zero-order valence-electron chi connectivity index (χ0n) is 11.8. The summed E-state index contributed by atoms with van der Waals surface area (Å²) in [6.07, 6.45) is 6.47. The van der Waals surface area contributed by atoms with E-state index in [0.29, 0.717) is 18.1 Å². The molecule has 2 atom stereocenters. The first kappa shape index (κ1) is 13.3. The molecule has 1 aliphatic heterocycles. The Kier molecular flexibility index (Phi) is 4.03. The van der Waals surface area contributed by atoms with Crippen LogP contribution < -0.4 is 4.90 Å². The van der Waals surface area contributed by atoms with E-state index in [1.807, 2.05) is 0 Å². The summed E-state index contributed by atoms with van der Waals surface area (Å²) in [5.74, 6) is 1.63. The van der Waals surface area contributed by atoms with Crippen molar-refractivity contribution in [2.75, 3.05) is 18.1 Å². The van der Waals surface area contributed by atoms with Crippen LogP contribution in [0.5, 0.6) is 0 Å². The van der Waals surface area contributed by atoms with Gasteiger partial charge in [0.1, 0.15) is 5.82 Å². The van der Waals surface area contributed by atoms with Crippen molar-refractivity contribution in [1.82, 2.24) is 9.36 Å². The summed E-state index contributed by atoms with van der Waals surface area (Å²) < 4.78 is 10.4. The molecule has 0 N–H and O–H groups in total. The molecule has 0 amide bonds. The van der Waals surface area contributed by atoms with Gasteiger partial charge in [-0.15, -0.1) is 0 Å². The smallest absolute Gasteiger partial charge is 0.205 e. The first-order chi connectivity index (χ1) is 9.24. The topological polar surface area (TPSA) is 38.2 Å². The van der Waals surface area contributed by atoms with E-state index < -0.39 is 0 Å². The average Bonchev–Trinajstić information content (AvgIpc) is 2.85. The molecule has 0 spiro atoms. The minimum absolute atomic E-state index is 0.417. The standard InChI is InChI=1S/C14H23N3OS/c1-10(2)9-13-15-14(19-16-13)17-7-8-18-12-6-4-3-5-11(12)17/h10-12H,3-9H2,1-2H3. The largest absolute Gasteiger partial charge is 0.374 e. The van der Waals surface area contributed by atoms with E-state index in [1.54, 1.807) is 11.5 Å². The number of morpholine rings is 1. The first-order valence-electron chi connectivity index (χ1n) is 7.45. The van der Waals surface area contributed by atoms with Crippen molar-refractivity contribution >= 4 is 16.7 Å². The minimum atomic E-state index is 0.417. The minimum Gasteiger partial charge on any atom is -0.374 e. The van der Waals surface area contributed by atoms with E-state index in [2.05, 4.69) is 23.1 Å². The molecule has 1 aromatic rings. The van der Waals surface area contributed by atoms with E-state index in [0.717, 1.165) is 30.5 Å². The molecule has 2 aliphatic rings. The fourth-order valence-electron chi connectivity index (χ4n) is 3.14. The number of anilines is 1. The van der Waals surface area contributed by atoms with Crippen LogP contribution in [-0.2, 0) is 11.2 Å². The van der Waals surface area contributed by atoms with E-state index in [4.69, 9.17) is 9.72 Å². The summed E-state index contributed by atoms with van der Waals surface area (Å²) in [5.41, 5.74) is 0. The quantitative estimate of drug-likeness (QED) is 0.854. The summed E-state index contributed by atoms with van der Waals surface area (Å²) in [5, 5.41) is 1.11. The lowest BCUT2D eigenvalue weighted by atomic mass is 9.90. The normalized spacial score (nSPS) is 27.6. The van der Waals surface area contributed by atoms with Crippen LogP contribution in [0.3, 0.4) is 0 Å². The van der Waals surface area contributed by atoms with E-state index in [1.165, 1.54) is 25.7 Å². The van der Waals surface area contributed by atoms with Gasteiger partial charge >= 0.3 is 0 Å². The SMILES string of the molecule is CC(C)Cc1nsc(N2CCOC3CCCCC32)n1. The van der Waals surface area contributed by atoms with Gasteiger partial charge in [0.05, 0.1) is 18.8 Å². The van der Waals surface area contributed by atoms with Gasteiger partial charge in [-0.25, -0.2) is 4.98 Å². The maximum absolute atomic E-state index is 5.92. The van der Waals surface area contributed by atoms with Crippen molar-refractivity contribution in [3.8, 4) is 0 Å². The van der Waals surface area contributed by atoms with Crippen LogP contribution >= 0.6 is 11.5 Å². The molecule has 1 aromatic heterocycles. The molecule has 0 bridgehead atoms. The van der Waals surface area contributed by atoms with Crippen LogP contribution in [0.2, 0.25) is 0 Å². The van der Waals surface area contributed by atoms with Crippen molar-refractivity contribution in [2.24, 2.45) is 5.92 Å². The fraction of sp³-hybridized carbons (Fsp3) is 0.857. The summed E-state index contributed by atoms with van der Waals surface area (Å²) in [7, 11) is 0. The molecule has 2 heterocycles. The lowest BCUT2D eigenvalue weighted by Gasteiger charge is -2.43.